The van der Waals surface area contributed by atoms with Gasteiger partial charge in [0.15, 0.2) is 0 Å². The minimum atomic E-state index is -3.42. The van der Waals surface area contributed by atoms with E-state index in [1.165, 1.54) is 10.6 Å². The Hall–Kier alpha value is -2.54. The van der Waals surface area contributed by atoms with Gasteiger partial charge in [-0.25, -0.2) is 8.42 Å². The van der Waals surface area contributed by atoms with E-state index in [0.717, 1.165) is 22.4 Å². The van der Waals surface area contributed by atoms with Crippen LogP contribution in [-0.4, -0.2) is 40.3 Å². The Morgan fingerprint density at radius 1 is 1.03 bits per heavy atom. The van der Waals surface area contributed by atoms with Gasteiger partial charge >= 0.3 is 0 Å². The number of hydrogen-bond donors (Lipinski definition) is 1. The first-order chi connectivity index (χ1) is 13.7. The Kier molecular flexibility index (Phi) is 8.08. The van der Waals surface area contributed by atoms with Crippen molar-refractivity contribution in [2.24, 2.45) is 0 Å². The van der Waals surface area contributed by atoms with E-state index >= 15 is 0 Å². The van der Waals surface area contributed by atoms with Crippen molar-refractivity contribution < 1.29 is 17.9 Å². The van der Waals surface area contributed by atoms with Gasteiger partial charge in [-0.15, -0.1) is 0 Å². The molecule has 2 aromatic rings. The molecule has 158 valence electrons. The standard InChI is InChI=1S/C22H30N2O4S/c1-17-7-11-21(12-8-17)28-15-13-23-22(25)6-5-14-24(29(4,26)27)20-10-9-18(2)19(3)16-20/h7-12,16H,5-6,13-15H2,1-4H3,(H,23,25). The third-order valence-electron chi connectivity index (χ3n) is 4.66. The first-order valence-corrected chi connectivity index (χ1v) is 11.5. The zero-order chi connectivity index (χ0) is 21.4. The van der Waals surface area contributed by atoms with Crippen LogP contribution in [-0.2, 0) is 14.8 Å². The molecule has 2 rings (SSSR count). The van der Waals surface area contributed by atoms with Gasteiger partial charge in [-0.05, 0) is 62.6 Å². The third-order valence-corrected chi connectivity index (χ3v) is 5.85. The average Bonchev–Trinajstić information content (AvgIpc) is 2.65. The van der Waals surface area contributed by atoms with Crippen LogP contribution in [0.5, 0.6) is 5.75 Å². The molecule has 1 N–H and O–H groups in total. The number of benzene rings is 2. The van der Waals surface area contributed by atoms with Crippen LogP contribution in [0.3, 0.4) is 0 Å². The molecule has 0 saturated carbocycles. The molecule has 7 heteroatoms. The van der Waals surface area contributed by atoms with Gasteiger partial charge in [0, 0.05) is 13.0 Å². The minimum absolute atomic E-state index is 0.119. The molecule has 0 atom stereocenters. The van der Waals surface area contributed by atoms with Crippen LogP contribution in [0.2, 0.25) is 0 Å². The third kappa shape index (κ3) is 7.42. The van der Waals surface area contributed by atoms with E-state index in [-0.39, 0.29) is 18.9 Å². The smallest absolute Gasteiger partial charge is 0.232 e. The summed E-state index contributed by atoms with van der Waals surface area (Å²) in [7, 11) is -3.42. The molecule has 0 heterocycles. The number of nitrogens with zero attached hydrogens (tertiary/aromatic N) is 1. The number of hydrogen-bond acceptors (Lipinski definition) is 4. The second-order valence-electron chi connectivity index (χ2n) is 7.22. The number of amides is 1. The van der Waals surface area contributed by atoms with E-state index in [1.54, 1.807) is 6.07 Å². The maximum atomic E-state index is 12.2. The van der Waals surface area contributed by atoms with Gasteiger partial charge in [-0.2, -0.15) is 0 Å². The maximum absolute atomic E-state index is 12.2. The topological polar surface area (TPSA) is 75.7 Å². The largest absolute Gasteiger partial charge is 0.492 e. The summed E-state index contributed by atoms with van der Waals surface area (Å²) in [4.78, 5) is 12.0. The van der Waals surface area contributed by atoms with Crippen LogP contribution in [0.1, 0.15) is 29.5 Å². The summed E-state index contributed by atoms with van der Waals surface area (Å²) in [6.07, 6.45) is 1.87. The predicted octanol–water partition coefficient (Wildman–Crippen LogP) is 3.35. The second kappa shape index (κ2) is 10.3. The fourth-order valence-electron chi connectivity index (χ4n) is 2.83. The van der Waals surface area contributed by atoms with Crippen molar-refractivity contribution in [2.75, 3.05) is 30.3 Å². The summed E-state index contributed by atoms with van der Waals surface area (Å²) in [5, 5.41) is 2.80. The molecule has 0 spiro atoms. The van der Waals surface area contributed by atoms with Crippen LogP contribution < -0.4 is 14.4 Å². The van der Waals surface area contributed by atoms with Gasteiger partial charge in [0.2, 0.25) is 15.9 Å². The van der Waals surface area contributed by atoms with Crippen LogP contribution in [0.15, 0.2) is 42.5 Å². The lowest BCUT2D eigenvalue weighted by Gasteiger charge is -2.23. The van der Waals surface area contributed by atoms with Crippen LogP contribution in [0, 0.1) is 20.8 Å². The van der Waals surface area contributed by atoms with E-state index in [0.29, 0.717) is 25.3 Å². The molecule has 2 aromatic carbocycles. The van der Waals surface area contributed by atoms with Gasteiger partial charge in [0.05, 0.1) is 18.5 Å². The SMILES string of the molecule is Cc1ccc(OCCNC(=O)CCCN(c2ccc(C)c(C)c2)S(C)(=O)=O)cc1. The first-order valence-electron chi connectivity index (χ1n) is 9.68. The molecular formula is C22H30N2O4S. The summed E-state index contributed by atoms with van der Waals surface area (Å²) in [5.74, 6) is 0.646. The first kappa shape index (κ1) is 22.7. The lowest BCUT2D eigenvalue weighted by atomic mass is 10.1. The highest BCUT2D eigenvalue weighted by Crippen LogP contribution is 2.21. The molecular weight excluding hydrogens is 388 g/mol. The van der Waals surface area contributed by atoms with E-state index in [4.69, 9.17) is 4.74 Å². The van der Waals surface area contributed by atoms with Crippen molar-refractivity contribution >= 4 is 21.6 Å². The van der Waals surface area contributed by atoms with Crippen molar-refractivity contribution in [3.63, 3.8) is 0 Å². The number of nitrogens with one attached hydrogen (secondary N) is 1. The van der Waals surface area contributed by atoms with E-state index < -0.39 is 10.0 Å². The maximum Gasteiger partial charge on any atom is 0.232 e. The highest BCUT2D eigenvalue weighted by atomic mass is 32.2. The summed E-state index contributed by atoms with van der Waals surface area (Å²) in [6.45, 7) is 6.98. The molecule has 0 bridgehead atoms. The van der Waals surface area contributed by atoms with Crippen molar-refractivity contribution in [3.8, 4) is 5.75 Å². The van der Waals surface area contributed by atoms with E-state index in [2.05, 4.69) is 5.32 Å². The Balaban J connectivity index is 1.77. The zero-order valence-electron chi connectivity index (χ0n) is 17.6. The lowest BCUT2D eigenvalue weighted by Crippen LogP contribution is -2.33. The lowest BCUT2D eigenvalue weighted by molar-refractivity contribution is -0.121. The van der Waals surface area contributed by atoms with Crippen LogP contribution >= 0.6 is 0 Å². The molecule has 0 aliphatic rings. The number of sulfonamides is 1. The minimum Gasteiger partial charge on any atom is -0.492 e. The number of aryl methyl sites for hydroxylation is 3. The summed E-state index contributed by atoms with van der Waals surface area (Å²) in [5.41, 5.74) is 3.92. The molecule has 0 aliphatic heterocycles. The van der Waals surface area contributed by atoms with Crippen molar-refractivity contribution in [1.29, 1.82) is 0 Å². The molecule has 0 fully saturated rings. The van der Waals surface area contributed by atoms with Gasteiger partial charge in [-0.1, -0.05) is 23.8 Å². The molecule has 1 amide bonds. The molecule has 6 nitrogen and oxygen atoms in total. The highest BCUT2D eigenvalue weighted by molar-refractivity contribution is 7.92. The fraction of sp³-hybridized carbons (Fsp3) is 0.409. The normalized spacial score (nSPS) is 11.2. The van der Waals surface area contributed by atoms with E-state index in [9.17, 15) is 13.2 Å². The average molecular weight is 419 g/mol. The molecule has 0 unspecified atom stereocenters. The Labute approximate surface area is 173 Å². The Morgan fingerprint density at radius 3 is 2.34 bits per heavy atom. The van der Waals surface area contributed by atoms with Crippen LogP contribution in [0.25, 0.3) is 0 Å². The zero-order valence-corrected chi connectivity index (χ0v) is 18.4. The molecule has 0 saturated heterocycles. The van der Waals surface area contributed by atoms with Crippen molar-refractivity contribution in [2.45, 2.75) is 33.6 Å². The Bertz CT molecular complexity index is 924. The Morgan fingerprint density at radius 2 is 1.72 bits per heavy atom. The summed E-state index contributed by atoms with van der Waals surface area (Å²) >= 11 is 0. The van der Waals surface area contributed by atoms with Gasteiger partial charge in [0.25, 0.3) is 0 Å². The highest BCUT2D eigenvalue weighted by Gasteiger charge is 2.18. The molecule has 29 heavy (non-hydrogen) atoms. The second-order valence-corrected chi connectivity index (χ2v) is 9.13. The van der Waals surface area contributed by atoms with Gasteiger partial charge in [0.1, 0.15) is 12.4 Å². The molecule has 0 aromatic heterocycles. The summed E-state index contributed by atoms with van der Waals surface area (Å²) < 4.78 is 31.3. The number of ether oxygens (including phenoxy) is 1. The van der Waals surface area contributed by atoms with Crippen molar-refractivity contribution in [3.05, 3.63) is 59.2 Å². The number of anilines is 1. The fourth-order valence-corrected chi connectivity index (χ4v) is 3.79. The number of rotatable bonds is 10. The quantitative estimate of drug-likeness (QED) is 0.601. The van der Waals surface area contributed by atoms with Crippen molar-refractivity contribution in [1.82, 2.24) is 5.32 Å². The summed E-state index contributed by atoms with van der Waals surface area (Å²) in [6, 6.07) is 13.3. The predicted molar refractivity (Wildman–Crippen MR) is 117 cm³/mol. The van der Waals surface area contributed by atoms with Gasteiger partial charge < -0.3 is 10.1 Å². The molecule has 0 aliphatic carbocycles. The number of carbonyl (C=O) groups excluding carboxylic acids is 1. The van der Waals surface area contributed by atoms with Crippen LogP contribution in [0.4, 0.5) is 5.69 Å². The monoisotopic (exact) mass is 418 g/mol. The van der Waals surface area contributed by atoms with E-state index in [1.807, 2.05) is 57.2 Å². The number of carbonyl (C=O) groups is 1. The van der Waals surface area contributed by atoms with Gasteiger partial charge in [-0.3, -0.25) is 9.10 Å². The molecule has 0 radical (unpaired) electrons.